The third kappa shape index (κ3) is 7.39. The van der Waals surface area contributed by atoms with Crippen LogP contribution in [0.2, 0.25) is 0 Å². The minimum absolute atomic E-state index is 0.0365. The number of carbonyl (C=O) groups excluding carboxylic acids is 3. The van der Waals surface area contributed by atoms with Gasteiger partial charge in [0, 0.05) is 13.1 Å². The maximum Gasteiger partial charge on any atom is 0.325 e. The van der Waals surface area contributed by atoms with Crippen LogP contribution in [0.15, 0.2) is 4.99 Å². The maximum atomic E-state index is 12.4. The molecule has 3 amide bonds. The number of carboxylic acids is 1. The van der Waals surface area contributed by atoms with Crippen molar-refractivity contribution in [3.8, 4) is 0 Å². The molecule has 0 spiro atoms. The van der Waals surface area contributed by atoms with Crippen LogP contribution in [0, 0.1) is 0 Å². The summed E-state index contributed by atoms with van der Waals surface area (Å²) in [6.45, 7) is 1.76. The number of nitrogens with zero attached hydrogens (tertiary/aromatic N) is 2. The molecule has 0 aromatic rings. The molecule has 0 aromatic heterocycles. The topological polar surface area (TPSA) is 206 Å². The van der Waals surface area contributed by atoms with Gasteiger partial charge in [0.15, 0.2) is 5.96 Å². The predicted octanol–water partition coefficient (Wildman–Crippen LogP) is -2.94. The number of nitrogens with two attached hydrogens (primary N) is 3. The Morgan fingerprint density at radius 2 is 1.96 bits per heavy atom. The number of hydrogen-bond donors (Lipinski definition) is 6. The number of hydrogen-bond acceptors (Lipinski definition) is 6. The van der Waals surface area contributed by atoms with E-state index in [0.29, 0.717) is 38.8 Å². The smallest absolute Gasteiger partial charge is 0.325 e. The summed E-state index contributed by atoms with van der Waals surface area (Å²) in [4.78, 5) is 52.6. The van der Waals surface area contributed by atoms with Gasteiger partial charge in [-0.15, -0.1) is 0 Å². The highest BCUT2D eigenvalue weighted by atomic mass is 16.4. The minimum atomic E-state index is -1.16. The highest BCUT2D eigenvalue weighted by Gasteiger charge is 2.35. The van der Waals surface area contributed by atoms with Gasteiger partial charge >= 0.3 is 5.97 Å². The summed E-state index contributed by atoms with van der Waals surface area (Å²) in [7, 11) is 0. The predicted molar refractivity (Wildman–Crippen MR) is 101 cm³/mol. The molecule has 3 atom stereocenters. The monoisotopic (exact) mass is 399 g/mol. The van der Waals surface area contributed by atoms with E-state index in [1.807, 2.05) is 0 Å². The van der Waals surface area contributed by atoms with Crippen molar-refractivity contribution in [3.05, 3.63) is 0 Å². The fraction of sp³-hybridized carbons (Fsp3) is 0.688. The molecular weight excluding hydrogens is 370 g/mol. The molecule has 0 bridgehead atoms. The van der Waals surface area contributed by atoms with Crippen LogP contribution in [0.5, 0.6) is 0 Å². The van der Waals surface area contributed by atoms with Crippen molar-refractivity contribution >= 4 is 29.7 Å². The number of carboxylic acid groups (broad SMARTS) is 1. The fourth-order valence-electron chi connectivity index (χ4n) is 2.75. The number of guanidine groups is 1. The highest BCUT2D eigenvalue weighted by molar-refractivity contribution is 5.92. The Morgan fingerprint density at radius 1 is 1.29 bits per heavy atom. The molecule has 12 heteroatoms. The van der Waals surface area contributed by atoms with Gasteiger partial charge in [-0.2, -0.15) is 0 Å². The summed E-state index contributed by atoms with van der Waals surface area (Å²) in [5.41, 5.74) is 16.2. The second kappa shape index (κ2) is 11.1. The number of amides is 3. The van der Waals surface area contributed by atoms with Crippen molar-refractivity contribution in [2.75, 3.05) is 19.6 Å². The van der Waals surface area contributed by atoms with Gasteiger partial charge in [0.2, 0.25) is 17.7 Å². The van der Waals surface area contributed by atoms with Gasteiger partial charge in [0.1, 0.15) is 12.1 Å². The molecule has 9 N–H and O–H groups in total. The van der Waals surface area contributed by atoms with Crippen LogP contribution in [0.4, 0.5) is 0 Å². The Balaban J connectivity index is 2.46. The number of aliphatic carboxylic acids is 1. The van der Waals surface area contributed by atoms with E-state index in [0.717, 1.165) is 0 Å². The first-order valence-electron chi connectivity index (χ1n) is 9.04. The van der Waals surface area contributed by atoms with Gasteiger partial charge in [0.05, 0.1) is 12.6 Å². The van der Waals surface area contributed by atoms with Crippen LogP contribution in [-0.2, 0) is 19.2 Å². The summed E-state index contributed by atoms with van der Waals surface area (Å²) >= 11 is 0. The standard InChI is InChI=1S/C16H29N7O5/c1-9(15(27)28)22-14(26)11-5-3-7-23(11)12(24)8-21-13(25)10(17)4-2-6-20-16(18)19/h9-11H,2-8,17H2,1H3,(H,21,25)(H,22,26)(H,27,28)(H4,18,19,20). The molecule has 3 unspecified atom stereocenters. The molecule has 0 radical (unpaired) electrons. The summed E-state index contributed by atoms with van der Waals surface area (Å²) in [5, 5.41) is 13.7. The second-order valence-corrected chi connectivity index (χ2v) is 6.59. The van der Waals surface area contributed by atoms with Crippen molar-refractivity contribution in [2.45, 2.75) is 50.7 Å². The van der Waals surface area contributed by atoms with Crippen molar-refractivity contribution in [3.63, 3.8) is 0 Å². The fourth-order valence-corrected chi connectivity index (χ4v) is 2.75. The van der Waals surface area contributed by atoms with E-state index in [1.165, 1.54) is 11.8 Å². The van der Waals surface area contributed by atoms with Crippen LogP contribution in [0.25, 0.3) is 0 Å². The Bertz CT molecular complexity index is 621. The molecule has 0 aliphatic carbocycles. The molecule has 28 heavy (non-hydrogen) atoms. The van der Waals surface area contributed by atoms with Gasteiger partial charge in [0.25, 0.3) is 0 Å². The number of carbonyl (C=O) groups is 4. The zero-order valence-corrected chi connectivity index (χ0v) is 15.9. The van der Waals surface area contributed by atoms with E-state index in [1.54, 1.807) is 0 Å². The Labute approximate surface area is 162 Å². The van der Waals surface area contributed by atoms with E-state index in [4.69, 9.17) is 22.3 Å². The van der Waals surface area contributed by atoms with Gasteiger partial charge in [-0.05, 0) is 32.6 Å². The molecule has 1 saturated heterocycles. The van der Waals surface area contributed by atoms with Crippen molar-refractivity contribution in [1.29, 1.82) is 0 Å². The first kappa shape index (κ1) is 23.1. The van der Waals surface area contributed by atoms with Crippen molar-refractivity contribution < 1.29 is 24.3 Å². The summed E-state index contributed by atoms with van der Waals surface area (Å²) in [5.74, 6) is -2.64. The third-order valence-corrected chi connectivity index (χ3v) is 4.32. The van der Waals surface area contributed by atoms with E-state index >= 15 is 0 Å². The van der Waals surface area contributed by atoms with E-state index in [-0.39, 0.29) is 12.5 Å². The van der Waals surface area contributed by atoms with Gasteiger partial charge in [-0.3, -0.25) is 24.2 Å². The van der Waals surface area contributed by atoms with Crippen molar-refractivity contribution in [2.24, 2.45) is 22.2 Å². The van der Waals surface area contributed by atoms with E-state index in [2.05, 4.69) is 15.6 Å². The molecular formula is C16H29N7O5. The first-order valence-corrected chi connectivity index (χ1v) is 9.04. The molecule has 158 valence electrons. The quantitative estimate of drug-likeness (QED) is 0.127. The summed E-state index contributed by atoms with van der Waals surface area (Å²) < 4.78 is 0. The van der Waals surface area contributed by atoms with Gasteiger partial charge < -0.3 is 37.8 Å². The van der Waals surface area contributed by atoms with Gasteiger partial charge in [-0.25, -0.2) is 0 Å². The number of nitrogens with one attached hydrogen (secondary N) is 2. The number of aliphatic imine (C=N–C) groups is 1. The minimum Gasteiger partial charge on any atom is -0.480 e. The van der Waals surface area contributed by atoms with Gasteiger partial charge in [-0.1, -0.05) is 0 Å². The van der Waals surface area contributed by atoms with Crippen LogP contribution in [0.3, 0.4) is 0 Å². The Kier molecular flexibility index (Phi) is 9.15. The van der Waals surface area contributed by atoms with E-state index in [9.17, 15) is 19.2 Å². The lowest BCUT2D eigenvalue weighted by atomic mass is 10.1. The zero-order chi connectivity index (χ0) is 21.3. The van der Waals surface area contributed by atoms with Crippen LogP contribution in [-0.4, -0.2) is 77.4 Å². The number of rotatable bonds is 10. The average molecular weight is 399 g/mol. The van der Waals surface area contributed by atoms with Crippen LogP contribution >= 0.6 is 0 Å². The molecule has 1 aliphatic rings. The maximum absolute atomic E-state index is 12.4. The van der Waals surface area contributed by atoms with Crippen LogP contribution in [0.1, 0.15) is 32.6 Å². The molecule has 1 heterocycles. The third-order valence-electron chi connectivity index (χ3n) is 4.32. The molecule has 1 aliphatic heterocycles. The molecule has 0 aromatic carbocycles. The van der Waals surface area contributed by atoms with E-state index < -0.39 is 41.8 Å². The van der Waals surface area contributed by atoms with Crippen LogP contribution < -0.4 is 27.8 Å². The largest absolute Gasteiger partial charge is 0.480 e. The summed E-state index contributed by atoms with van der Waals surface area (Å²) in [6.07, 6.45) is 1.90. The molecule has 0 saturated carbocycles. The SMILES string of the molecule is CC(NC(=O)C1CCCN1C(=O)CNC(=O)C(N)CCCN=C(N)N)C(=O)O. The first-order chi connectivity index (χ1) is 13.1. The molecule has 1 rings (SSSR count). The van der Waals surface area contributed by atoms with Crippen molar-refractivity contribution in [1.82, 2.24) is 15.5 Å². The molecule has 1 fully saturated rings. The highest BCUT2D eigenvalue weighted by Crippen LogP contribution is 2.17. The molecule has 12 nitrogen and oxygen atoms in total. The zero-order valence-electron chi connectivity index (χ0n) is 15.9. The lowest BCUT2D eigenvalue weighted by molar-refractivity contribution is -0.143. The number of likely N-dealkylation sites (tertiary alicyclic amines) is 1. The lowest BCUT2D eigenvalue weighted by Gasteiger charge is -2.25. The summed E-state index contributed by atoms with van der Waals surface area (Å²) in [6, 6.07) is -2.61. The lowest BCUT2D eigenvalue weighted by Crippen LogP contribution is -2.52. The Hall–Kier alpha value is -2.89. The second-order valence-electron chi connectivity index (χ2n) is 6.59. The normalized spacial score (nSPS) is 18.1. The average Bonchev–Trinajstić information content (AvgIpc) is 3.12. The Morgan fingerprint density at radius 3 is 2.57 bits per heavy atom.